The Morgan fingerprint density at radius 2 is 2.03 bits per heavy atom. The molecule has 2 heterocycles. The number of aromatic amines is 1. The van der Waals surface area contributed by atoms with Gasteiger partial charge in [0.25, 0.3) is 11.5 Å². The molecule has 0 saturated heterocycles. The minimum atomic E-state index is -4.60. The Bertz CT molecular complexity index is 1310. The minimum Gasteiger partial charge on any atom is -0.491 e. The van der Waals surface area contributed by atoms with Gasteiger partial charge in [0.15, 0.2) is 0 Å². The molecule has 1 amide bonds. The van der Waals surface area contributed by atoms with E-state index in [0.717, 1.165) is 31.0 Å². The average molecular weight is 448 g/mol. The lowest BCUT2D eigenvalue weighted by Crippen LogP contribution is -2.30. The van der Waals surface area contributed by atoms with Crippen molar-refractivity contribution in [2.45, 2.75) is 38.4 Å². The van der Waals surface area contributed by atoms with Crippen molar-refractivity contribution in [2.24, 2.45) is 0 Å². The standard InChI is InChI=1S/C21H19F3N4O4/c1-2-7-32-16-6-3-12(21(22,23)24)9-15(16)26-18(29)11-8-14-17(25-10-11)28(13-4-5-13)20(31)27-19(14)30/h3,6,8-10,13H,2,4-5,7H2,1H3,(H,26,29)(H,27,30,31). The summed E-state index contributed by atoms with van der Waals surface area (Å²) in [7, 11) is 0. The Morgan fingerprint density at radius 1 is 1.28 bits per heavy atom. The normalized spacial score (nSPS) is 13.9. The second kappa shape index (κ2) is 8.13. The number of pyridine rings is 1. The number of nitrogens with one attached hydrogen (secondary N) is 2. The highest BCUT2D eigenvalue weighted by molar-refractivity contribution is 6.06. The second-order valence-electron chi connectivity index (χ2n) is 7.47. The van der Waals surface area contributed by atoms with Gasteiger partial charge in [0.2, 0.25) is 0 Å². The summed E-state index contributed by atoms with van der Waals surface area (Å²) in [6.45, 7) is 2.08. The van der Waals surface area contributed by atoms with E-state index >= 15 is 0 Å². The molecule has 0 spiro atoms. The highest BCUT2D eigenvalue weighted by Crippen LogP contribution is 2.36. The van der Waals surface area contributed by atoms with Gasteiger partial charge < -0.3 is 10.1 Å². The molecule has 3 aromatic rings. The number of fused-ring (bicyclic) bond motifs is 1. The van der Waals surface area contributed by atoms with Crippen molar-refractivity contribution >= 4 is 22.6 Å². The smallest absolute Gasteiger partial charge is 0.416 e. The minimum absolute atomic E-state index is 0.0376. The molecular weight excluding hydrogens is 429 g/mol. The number of H-pyrrole nitrogens is 1. The Labute approximate surface area is 179 Å². The van der Waals surface area contributed by atoms with Crippen molar-refractivity contribution < 1.29 is 22.7 Å². The number of carbonyl (C=O) groups excluding carboxylic acids is 1. The fourth-order valence-corrected chi connectivity index (χ4v) is 3.27. The van der Waals surface area contributed by atoms with Gasteiger partial charge in [0, 0.05) is 12.2 Å². The molecule has 0 bridgehead atoms. The number of anilines is 1. The van der Waals surface area contributed by atoms with Gasteiger partial charge in [-0.05, 0) is 43.5 Å². The summed E-state index contributed by atoms with van der Waals surface area (Å²) >= 11 is 0. The highest BCUT2D eigenvalue weighted by Gasteiger charge is 2.32. The molecule has 4 rings (SSSR count). The third kappa shape index (κ3) is 4.23. The Kier molecular flexibility index (Phi) is 5.49. The monoisotopic (exact) mass is 448 g/mol. The summed E-state index contributed by atoms with van der Waals surface area (Å²) in [4.78, 5) is 43.5. The predicted molar refractivity (Wildman–Crippen MR) is 110 cm³/mol. The Hall–Kier alpha value is -3.63. The maximum absolute atomic E-state index is 13.1. The summed E-state index contributed by atoms with van der Waals surface area (Å²) in [5, 5.41) is 2.45. The molecule has 0 aliphatic heterocycles. The average Bonchev–Trinajstić information content (AvgIpc) is 3.57. The van der Waals surface area contributed by atoms with Crippen LogP contribution in [0.1, 0.15) is 48.1 Å². The molecule has 1 fully saturated rings. The molecule has 1 saturated carbocycles. The van der Waals surface area contributed by atoms with Crippen molar-refractivity contribution in [2.75, 3.05) is 11.9 Å². The third-order valence-electron chi connectivity index (χ3n) is 4.97. The van der Waals surface area contributed by atoms with Crippen LogP contribution in [0.15, 0.2) is 40.1 Å². The summed E-state index contributed by atoms with van der Waals surface area (Å²) in [6, 6.07) is 4.00. The largest absolute Gasteiger partial charge is 0.491 e. The maximum atomic E-state index is 13.1. The maximum Gasteiger partial charge on any atom is 0.416 e. The van der Waals surface area contributed by atoms with Crippen molar-refractivity contribution in [3.05, 3.63) is 62.4 Å². The number of benzene rings is 1. The fourth-order valence-electron chi connectivity index (χ4n) is 3.27. The topological polar surface area (TPSA) is 106 Å². The van der Waals surface area contributed by atoms with Crippen LogP contribution in [0.5, 0.6) is 5.75 Å². The van der Waals surface area contributed by atoms with Gasteiger partial charge in [-0.25, -0.2) is 9.78 Å². The van der Waals surface area contributed by atoms with Crippen LogP contribution in [0.25, 0.3) is 11.0 Å². The zero-order chi connectivity index (χ0) is 23.0. The van der Waals surface area contributed by atoms with Crippen LogP contribution in [0.3, 0.4) is 0 Å². The van der Waals surface area contributed by atoms with Crippen LogP contribution in [-0.4, -0.2) is 27.0 Å². The molecule has 8 nitrogen and oxygen atoms in total. The molecule has 168 valence electrons. The van der Waals surface area contributed by atoms with Crippen molar-refractivity contribution in [1.82, 2.24) is 14.5 Å². The molecule has 1 aliphatic carbocycles. The van der Waals surface area contributed by atoms with E-state index in [1.54, 1.807) is 0 Å². The van der Waals surface area contributed by atoms with Crippen LogP contribution in [0, 0.1) is 0 Å². The molecule has 1 aliphatic rings. The van der Waals surface area contributed by atoms with Crippen LogP contribution in [0.2, 0.25) is 0 Å². The van der Waals surface area contributed by atoms with E-state index < -0.39 is 28.9 Å². The van der Waals surface area contributed by atoms with Gasteiger partial charge in [0.1, 0.15) is 11.4 Å². The van der Waals surface area contributed by atoms with Crippen molar-refractivity contribution in [3.8, 4) is 5.75 Å². The Morgan fingerprint density at radius 3 is 2.69 bits per heavy atom. The van der Waals surface area contributed by atoms with Gasteiger partial charge in [-0.1, -0.05) is 6.92 Å². The molecule has 2 aromatic heterocycles. The molecule has 0 atom stereocenters. The van der Waals surface area contributed by atoms with E-state index in [0.29, 0.717) is 6.42 Å². The first-order valence-corrected chi connectivity index (χ1v) is 9.99. The van der Waals surface area contributed by atoms with Gasteiger partial charge in [-0.3, -0.25) is 19.1 Å². The molecule has 0 unspecified atom stereocenters. The first kappa shape index (κ1) is 21.6. The summed E-state index contributed by atoms with van der Waals surface area (Å²) in [5.41, 5.74) is -2.27. The summed E-state index contributed by atoms with van der Waals surface area (Å²) in [6.07, 6.45) is -1.25. The van der Waals surface area contributed by atoms with Gasteiger partial charge >= 0.3 is 11.9 Å². The lowest BCUT2D eigenvalue weighted by Gasteiger charge is -2.15. The quantitative estimate of drug-likeness (QED) is 0.601. The predicted octanol–water partition coefficient (Wildman–Crippen LogP) is 3.48. The molecule has 0 radical (unpaired) electrons. The van der Waals surface area contributed by atoms with Gasteiger partial charge in [-0.15, -0.1) is 0 Å². The number of aromatic nitrogens is 3. The van der Waals surface area contributed by atoms with Crippen LogP contribution >= 0.6 is 0 Å². The zero-order valence-corrected chi connectivity index (χ0v) is 17.0. The number of hydrogen-bond acceptors (Lipinski definition) is 5. The van der Waals surface area contributed by atoms with E-state index in [2.05, 4.69) is 15.3 Å². The molecular formula is C21H19F3N4O4. The second-order valence-corrected chi connectivity index (χ2v) is 7.47. The lowest BCUT2D eigenvalue weighted by molar-refractivity contribution is -0.137. The highest BCUT2D eigenvalue weighted by atomic mass is 19.4. The number of alkyl halides is 3. The number of amides is 1. The van der Waals surface area contributed by atoms with Crippen LogP contribution in [0.4, 0.5) is 18.9 Å². The van der Waals surface area contributed by atoms with Crippen molar-refractivity contribution in [3.63, 3.8) is 0 Å². The SMILES string of the molecule is CCCOc1ccc(C(F)(F)F)cc1NC(=O)c1cnc2c(c1)c(=O)[nH]c(=O)n2C1CC1. The van der Waals surface area contributed by atoms with E-state index in [1.807, 2.05) is 6.92 Å². The van der Waals surface area contributed by atoms with E-state index in [-0.39, 0.29) is 40.7 Å². The van der Waals surface area contributed by atoms with Crippen LogP contribution in [-0.2, 0) is 6.18 Å². The third-order valence-corrected chi connectivity index (χ3v) is 4.97. The van der Waals surface area contributed by atoms with E-state index in [4.69, 9.17) is 4.74 Å². The molecule has 32 heavy (non-hydrogen) atoms. The Balaban J connectivity index is 1.71. The van der Waals surface area contributed by atoms with Gasteiger partial charge in [0.05, 0.1) is 28.8 Å². The number of rotatable bonds is 6. The summed E-state index contributed by atoms with van der Waals surface area (Å²) < 4.78 is 46.3. The number of hydrogen-bond donors (Lipinski definition) is 2. The zero-order valence-electron chi connectivity index (χ0n) is 17.0. The first-order valence-electron chi connectivity index (χ1n) is 9.99. The van der Waals surface area contributed by atoms with E-state index in [9.17, 15) is 27.6 Å². The fraction of sp³-hybridized carbons (Fsp3) is 0.333. The molecule has 2 N–H and O–H groups in total. The number of ether oxygens (including phenoxy) is 1. The molecule has 1 aromatic carbocycles. The van der Waals surface area contributed by atoms with Crippen LogP contribution < -0.4 is 21.3 Å². The lowest BCUT2D eigenvalue weighted by atomic mass is 10.1. The van der Waals surface area contributed by atoms with Gasteiger partial charge in [-0.2, -0.15) is 13.2 Å². The first-order chi connectivity index (χ1) is 15.2. The van der Waals surface area contributed by atoms with E-state index in [1.165, 1.54) is 16.8 Å². The molecule has 11 heteroatoms. The number of nitrogens with zero attached hydrogens (tertiary/aromatic N) is 2. The number of carbonyl (C=O) groups is 1. The number of halogens is 3. The summed E-state index contributed by atoms with van der Waals surface area (Å²) in [5.74, 6) is -0.689. The van der Waals surface area contributed by atoms with Crippen molar-refractivity contribution in [1.29, 1.82) is 0 Å².